The molecule has 1 atom stereocenters. The number of likely N-dealkylation sites (N-methyl/N-ethyl adjacent to an activating group) is 1. The number of carbonyl (C=O) groups excluding carboxylic acids is 1. The zero-order chi connectivity index (χ0) is 18.5. The monoisotopic (exact) mass is 348 g/mol. The smallest absolute Gasteiger partial charge is 0.261 e. The van der Waals surface area contributed by atoms with Gasteiger partial charge in [0.25, 0.3) is 5.91 Å². The van der Waals surface area contributed by atoms with Gasteiger partial charge >= 0.3 is 0 Å². The minimum Gasteiger partial charge on any atom is -0.369 e. The summed E-state index contributed by atoms with van der Waals surface area (Å²) in [5, 5.41) is 9.06. The number of guanidine groups is 1. The number of amides is 1. The third-order valence-corrected chi connectivity index (χ3v) is 5.16. The van der Waals surface area contributed by atoms with Crippen LogP contribution in [0.5, 0.6) is 0 Å². The quantitative estimate of drug-likeness (QED) is 0.926. The fourth-order valence-electron chi connectivity index (χ4n) is 3.58. The first-order valence-electron chi connectivity index (χ1n) is 8.41. The Kier molecular flexibility index (Phi) is 3.55. The number of nitrogens with zero attached hydrogens (tertiary/aromatic N) is 3. The van der Waals surface area contributed by atoms with Crippen molar-refractivity contribution in [2.45, 2.75) is 18.4 Å². The number of hydrogen-bond acceptors (Lipinski definition) is 4. The summed E-state index contributed by atoms with van der Waals surface area (Å²) in [5.74, 6) is -0.309. The molecule has 1 aliphatic carbocycles. The highest BCUT2D eigenvalue weighted by atomic mass is 19.1. The standard InChI is InChI=1S/C20H17FN4O/c1-25-18(26)20(15-6-7-15,24-19(25)23)16-4-2-3-12(10-16)13-5-8-17(21)14(9-13)11-22/h2-5,8-10,15H,6-7H2,1H3,(H2,23,24). The molecule has 130 valence electrons. The Morgan fingerprint density at radius 2 is 2.00 bits per heavy atom. The van der Waals surface area contributed by atoms with E-state index in [9.17, 15) is 9.18 Å². The van der Waals surface area contributed by atoms with Crippen LogP contribution >= 0.6 is 0 Å². The average molecular weight is 348 g/mol. The molecule has 1 amide bonds. The van der Waals surface area contributed by atoms with Gasteiger partial charge in [-0.25, -0.2) is 9.38 Å². The van der Waals surface area contributed by atoms with Crippen molar-refractivity contribution in [3.63, 3.8) is 0 Å². The summed E-state index contributed by atoms with van der Waals surface area (Å²) in [6.45, 7) is 0. The van der Waals surface area contributed by atoms with Crippen molar-refractivity contribution in [3.8, 4) is 17.2 Å². The number of nitriles is 1. The van der Waals surface area contributed by atoms with Gasteiger partial charge in [-0.15, -0.1) is 0 Å². The molecule has 6 heteroatoms. The number of carbonyl (C=O) groups is 1. The lowest BCUT2D eigenvalue weighted by molar-refractivity contribution is -0.131. The molecule has 5 nitrogen and oxygen atoms in total. The fraction of sp³-hybridized carbons (Fsp3) is 0.250. The van der Waals surface area contributed by atoms with Crippen molar-refractivity contribution in [3.05, 3.63) is 59.4 Å². The summed E-state index contributed by atoms with van der Waals surface area (Å²) in [6.07, 6.45) is 1.85. The molecule has 2 aromatic carbocycles. The van der Waals surface area contributed by atoms with Crippen LogP contribution in [-0.4, -0.2) is 23.8 Å². The Labute approximate surface area is 150 Å². The van der Waals surface area contributed by atoms with E-state index < -0.39 is 11.4 Å². The summed E-state index contributed by atoms with van der Waals surface area (Å²) >= 11 is 0. The molecule has 1 saturated carbocycles. The molecule has 1 heterocycles. The largest absolute Gasteiger partial charge is 0.369 e. The summed E-state index contributed by atoms with van der Waals surface area (Å²) in [7, 11) is 1.63. The summed E-state index contributed by atoms with van der Waals surface area (Å²) in [4.78, 5) is 18.9. The second kappa shape index (κ2) is 5.67. The summed E-state index contributed by atoms with van der Waals surface area (Å²) in [5.41, 5.74) is 7.23. The molecule has 0 radical (unpaired) electrons. The van der Waals surface area contributed by atoms with Crippen molar-refractivity contribution in [2.75, 3.05) is 7.05 Å². The van der Waals surface area contributed by atoms with E-state index >= 15 is 0 Å². The molecule has 0 saturated heterocycles. The highest BCUT2D eigenvalue weighted by Crippen LogP contribution is 2.51. The van der Waals surface area contributed by atoms with Crippen molar-refractivity contribution >= 4 is 11.9 Å². The van der Waals surface area contributed by atoms with Gasteiger partial charge in [0.2, 0.25) is 0 Å². The van der Waals surface area contributed by atoms with E-state index in [1.807, 2.05) is 30.3 Å². The van der Waals surface area contributed by atoms with E-state index in [1.54, 1.807) is 13.1 Å². The van der Waals surface area contributed by atoms with Gasteiger partial charge in [0.05, 0.1) is 5.56 Å². The van der Waals surface area contributed by atoms with Gasteiger partial charge in [0, 0.05) is 7.05 Å². The van der Waals surface area contributed by atoms with Gasteiger partial charge in [-0.05, 0) is 53.6 Å². The Morgan fingerprint density at radius 1 is 1.27 bits per heavy atom. The first-order valence-corrected chi connectivity index (χ1v) is 8.41. The number of hydrogen-bond donors (Lipinski definition) is 1. The Morgan fingerprint density at radius 3 is 2.62 bits per heavy atom. The highest BCUT2D eigenvalue weighted by molar-refractivity contribution is 6.07. The zero-order valence-corrected chi connectivity index (χ0v) is 14.2. The molecule has 26 heavy (non-hydrogen) atoms. The van der Waals surface area contributed by atoms with Crippen LogP contribution in [0.2, 0.25) is 0 Å². The van der Waals surface area contributed by atoms with Crippen LogP contribution < -0.4 is 5.73 Å². The van der Waals surface area contributed by atoms with Crippen molar-refractivity contribution in [1.82, 2.24) is 4.90 Å². The summed E-state index contributed by atoms with van der Waals surface area (Å²) in [6, 6.07) is 13.8. The van der Waals surface area contributed by atoms with E-state index in [0.717, 1.165) is 24.0 Å². The third-order valence-electron chi connectivity index (χ3n) is 5.16. The molecule has 0 spiro atoms. The van der Waals surface area contributed by atoms with Crippen molar-refractivity contribution < 1.29 is 9.18 Å². The maximum Gasteiger partial charge on any atom is 0.261 e. The van der Waals surface area contributed by atoms with E-state index in [4.69, 9.17) is 11.0 Å². The fourth-order valence-corrected chi connectivity index (χ4v) is 3.58. The molecule has 4 rings (SSSR count). The minimum absolute atomic E-state index is 0.0104. The Hall–Kier alpha value is -3.20. The lowest BCUT2D eigenvalue weighted by Gasteiger charge is -2.25. The maximum atomic E-state index is 13.6. The van der Waals surface area contributed by atoms with Crippen LogP contribution in [0.15, 0.2) is 47.5 Å². The number of benzene rings is 2. The number of halogens is 1. The van der Waals surface area contributed by atoms with Crippen molar-refractivity contribution in [2.24, 2.45) is 16.6 Å². The molecule has 2 N–H and O–H groups in total. The highest BCUT2D eigenvalue weighted by Gasteiger charge is 2.57. The lowest BCUT2D eigenvalue weighted by atomic mass is 9.83. The Bertz CT molecular complexity index is 990. The zero-order valence-electron chi connectivity index (χ0n) is 14.2. The van der Waals surface area contributed by atoms with E-state index in [2.05, 4.69) is 4.99 Å². The van der Waals surface area contributed by atoms with Crippen LogP contribution in [0.3, 0.4) is 0 Å². The molecule has 0 bridgehead atoms. The van der Waals surface area contributed by atoms with Gasteiger partial charge in [-0.1, -0.05) is 24.3 Å². The van der Waals surface area contributed by atoms with Gasteiger partial charge in [-0.3, -0.25) is 9.69 Å². The average Bonchev–Trinajstić information content (AvgIpc) is 3.47. The van der Waals surface area contributed by atoms with E-state index in [1.165, 1.54) is 17.0 Å². The third kappa shape index (κ3) is 2.28. The second-order valence-electron chi connectivity index (χ2n) is 6.76. The van der Waals surface area contributed by atoms with Gasteiger partial charge in [0.1, 0.15) is 11.9 Å². The van der Waals surface area contributed by atoms with Crippen LogP contribution in [-0.2, 0) is 10.3 Å². The number of rotatable bonds is 3. The molecule has 0 aromatic heterocycles. The van der Waals surface area contributed by atoms with Gasteiger partial charge in [-0.2, -0.15) is 5.26 Å². The SMILES string of the molecule is CN1C(=O)C(c2cccc(-c3ccc(F)c(C#N)c3)c2)(C2CC2)N=C1N. The topological polar surface area (TPSA) is 82.5 Å². The second-order valence-corrected chi connectivity index (χ2v) is 6.76. The molecule has 1 fully saturated rings. The van der Waals surface area contributed by atoms with Crippen LogP contribution in [0.4, 0.5) is 4.39 Å². The lowest BCUT2D eigenvalue weighted by Crippen LogP contribution is -2.41. The number of nitrogens with two attached hydrogens (primary N) is 1. The van der Waals surface area contributed by atoms with E-state index in [0.29, 0.717) is 5.56 Å². The first-order chi connectivity index (χ1) is 12.5. The Balaban J connectivity index is 1.84. The van der Waals surface area contributed by atoms with Gasteiger partial charge < -0.3 is 5.73 Å². The molecule has 1 unspecified atom stereocenters. The molecular weight excluding hydrogens is 331 g/mol. The normalized spacial score (nSPS) is 22.3. The molecular formula is C20H17FN4O. The predicted octanol–water partition coefficient (Wildman–Crippen LogP) is 2.76. The van der Waals surface area contributed by atoms with Gasteiger partial charge in [0.15, 0.2) is 11.5 Å². The van der Waals surface area contributed by atoms with Crippen LogP contribution in [0.25, 0.3) is 11.1 Å². The summed E-state index contributed by atoms with van der Waals surface area (Å²) < 4.78 is 13.6. The van der Waals surface area contributed by atoms with Crippen LogP contribution in [0, 0.1) is 23.1 Å². The van der Waals surface area contributed by atoms with Crippen molar-refractivity contribution in [1.29, 1.82) is 5.26 Å². The molecule has 1 aliphatic heterocycles. The van der Waals surface area contributed by atoms with E-state index in [-0.39, 0.29) is 23.3 Å². The first kappa shape index (κ1) is 16.3. The molecule has 2 aliphatic rings. The predicted molar refractivity (Wildman–Crippen MR) is 95.3 cm³/mol. The van der Waals surface area contributed by atoms with Crippen LogP contribution in [0.1, 0.15) is 24.0 Å². The number of aliphatic imine (C=N–C) groups is 1. The minimum atomic E-state index is -0.979. The maximum absolute atomic E-state index is 13.6. The molecule has 2 aromatic rings.